The number of benzene rings is 1. The van der Waals surface area contributed by atoms with E-state index in [9.17, 15) is 9.18 Å². The third-order valence-electron chi connectivity index (χ3n) is 3.25. The fraction of sp³-hybridized carbons (Fsp3) is 0.462. The maximum absolute atomic E-state index is 13.4. The Bertz CT molecular complexity index is 433. The van der Waals surface area contributed by atoms with E-state index in [1.807, 2.05) is 0 Å². The number of hydrogen-bond donors (Lipinski definition) is 1. The maximum atomic E-state index is 13.4. The van der Waals surface area contributed by atoms with Crippen molar-refractivity contribution in [3.63, 3.8) is 0 Å². The molecule has 92 valence electrons. The van der Waals surface area contributed by atoms with Gasteiger partial charge in [-0.25, -0.2) is 4.39 Å². The first-order chi connectivity index (χ1) is 8.11. The van der Waals surface area contributed by atoms with Crippen LogP contribution in [0.2, 0.25) is 0 Å². The Morgan fingerprint density at radius 1 is 1.59 bits per heavy atom. The van der Waals surface area contributed by atoms with E-state index in [-0.39, 0.29) is 24.2 Å². The van der Waals surface area contributed by atoms with Gasteiger partial charge in [-0.3, -0.25) is 4.79 Å². The molecule has 0 spiro atoms. The average molecular weight is 237 g/mol. The Morgan fingerprint density at radius 2 is 2.35 bits per heavy atom. The fourth-order valence-electron chi connectivity index (χ4n) is 2.07. The summed E-state index contributed by atoms with van der Waals surface area (Å²) in [5.74, 6) is -0.345. The standard InChI is InChI=1S/C13H16FNO2/c1-9-2-3-11(6-12(9)14)13(17)15-5-4-10(7-15)8-16/h2-3,6,10,16H,4-5,7-8H2,1H3/t10-/m1/s1. The molecule has 1 fully saturated rings. The number of likely N-dealkylation sites (tertiary alicyclic amines) is 1. The van der Waals surface area contributed by atoms with Gasteiger partial charge in [-0.2, -0.15) is 0 Å². The van der Waals surface area contributed by atoms with Gasteiger partial charge in [-0.1, -0.05) is 6.07 Å². The predicted octanol–water partition coefficient (Wildman–Crippen LogP) is 1.59. The minimum absolute atomic E-state index is 0.103. The van der Waals surface area contributed by atoms with Crippen molar-refractivity contribution in [2.24, 2.45) is 5.92 Å². The van der Waals surface area contributed by atoms with Crippen LogP contribution in [0.1, 0.15) is 22.3 Å². The molecule has 0 bridgehead atoms. The molecule has 0 saturated carbocycles. The van der Waals surface area contributed by atoms with E-state index >= 15 is 0 Å². The zero-order valence-corrected chi connectivity index (χ0v) is 9.82. The lowest BCUT2D eigenvalue weighted by molar-refractivity contribution is 0.0781. The molecule has 0 radical (unpaired) electrons. The zero-order valence-electron chi connectivity index (χ0n) is 9.82. The Hall–Kier alpha value is -1.42. The number of nitrogens with zero attached hydrogens (tertiary/aromatic N) is 1. The number of carbonyl (C=O) groups is 1. The van der Waals surface area contributed by atoms with Crippen molar-refractivity contribution >= 4 is 5.91 Å². The normalized spacial score (nSPS) is 19.7. The summed E-state index contributed by atoms with van der Waals surface area (Å²) in [4.78, 5) is 13.7. The highest BCUT2D eigenvalue weighted by Gasteiger charge is 2.26. The van der Waals surface area contributed by atoms with E-state index in [4.69, 9.17) is 5.11 Å². The summed E-state index contributed by atoms with van der Waals surface area (Å²) in [5, 5.41) is 9.02. The summed E-state index contributed by atoms with van der Waals surface area (Å²) in [7, 11) is 0. The van der Waals surface area contributed by atoms with Gasteiger partial charge in [0.2, 0.25) is 0 Å². The molecule has 1 aliphatic heterocycles. The molecule has 1 saturated heterocycles. The van der Waals surface area contributed by atoms with Crippen LogP contribution in [0.3, 0.4) is 0 Å². The minimum Gasteiger partial charge on any atom is -0.396 e. The molecule has 1 aromatic carbocycles. The number of aryl methyl sites for hydroxylation is 1. The second-order valence-corrected chi connectivity index (χ2v) is 4.55. The molecule has 0 unspecified atom stereocenters. The van der Waals surface area contributed by atoms with Gasteiger partial charge >= 0.3 is 0 Å². The number of carbonyl (C=O) groups excluding carboxylic acids is 1. The van der Waals surface area contributed by atoms with Crippen molar-refractivity contribution in [2.75, 3.05) is 19.7 Å². The molecule has 1 aliphatic rings. The first-order valence-electron chi connectivity index (χ1n) is 5.78. The highest BCUT2D eigenvalue weighted by Crippen LogP contribution is 2.19. The van der Waals surface area contributed by atoms with Crippen LogP contribution in [0.4, 0.5) is 4.39 Å². The molecule has 0 aliphatic carbocycles. The molecular weight excluding hydrogens is 221 g/mol. The highest BCUT2D eigenvalue weighted by atomic mass is 19.1. The summed E-state index contributed by atoms with van der Waals surface area (Å²) in [6.45, 7) is 2.97. The SMILES string of the molecule is Cc1ccc(C(=O)N2CC[C@@H](CO)C2)cc1F. The average Bonchev–Trinajstić information content (AvgIpc) is 2.80. The fourth-order valence-corrected chi connectivity index (χ4v) is 2.07. The summed E-state index contributed by atoms with van der Waals surface area (Å²) in [6.07, 6.45) is 0.816. The first-order valence-corrected chi connectivity index (χ1v) is 5.78. The van der Waals surface area contributed by atoms with E-state index in [0.717, 1.165) is 6.42 Å². The number of aliphatic hydroxyl groups is 1. The van der Waals surface area contributed by atoms with Crippen LogP contribution in [-0.4, -0.2) is 35.6 Å². The topological polar surface area (TPSA) is 40.5 Å². The smallest absolute Gasteiger partial charge is 0.253 e. The second kappa shape index (κ2) is 4.84. The number of hydrogen-bond acceptors (Lipinski definition) is 2. The molecule has 4 heteroatoms. The molecule has 1 atom stereocenters. The van der Waals surface area contributed by atoms with E-state index in [2.05, 4.69) is 0 Å². The van der Waals surface area contributed by atoms with Crippen LogP contribution < -0.4 is 0 Å². The van der Waals surface area contributed by atoms with Crippen LogP contribution in [0.15, 0.2) is 18.2 Å². The van der Waals surface area contributed by atoms with Crippen LogP contribution in [0, 0.1) is 18.7 Å². The number of amides is 1. The van der Waals surface area contributed by atoms with Crippen LogP contribution in [0.5, 0.6) is 0 Å². The second-order valence-electron chi connectivity index (χ2n) is 4.55. The number of halogens is 1. The Morgan fingerprint density at radius 3 is 2.94 bits per heavy atom. The van der Waals surface area contributed by atoms with Crippen LogP contribution in [0.25, 0.3) is 0 Å². The van der Waals surface area contributed by atoms with Crippen molar-refractivity contribution in [2.45, 2.75) is 13.3 Å². The Labute approximate surface area is 99.9 Å². The van der Waals surface area contributed by atoms with E-state index in [1.165, 1.54) is 6.07 Å². The van der Waals surface area contributed by atoms with E-state index in [0.29, 0.717) is 24.2 Å². The quantitative estimate of drug-likeness (QED) is 0.848. The van der Waals surface area contributed by atoms with Crippen molar-refractivity contribution in [3.05, 3.63) is 35.1 Å². The highest BCUT2D eigenvalue weighted by molar-refractivity contribution is 5.94. The lowest BCUT2D eigenvalue weighted by Gasteiger charge is -2.16. The molecule has 2 rings (SSSR count). The largest absolute Gasteiger partial charge is 0.396 e. The molecule has 1 N–H and O–H groups in total. The van der Waals surface area contributed by atoms with E-state index in [1.54, 1.807) is 24.0 Å². The van der Waals surface area contributed by atoms with Gasteiger partial charge in [0, 0.05) is 31.2 Å². The van der Waals surface area contributed by atoms with Crippen molar-refractivity contribution < 1.29 is 14.3 Å². The van der Waals surface area contributed by atoms with Crippen LogP contribution >= 0.6 is 0 Å². The zero-order chi connectivity index (χ0) is 12.4. The predicted molar refractivity (Wildman–Crippen MR) is 62.2 cm³/mol. The molecule has 17 heavy (non-hydrogen) atoms. The van der Waals surface area contributed by atoms with Gasteiger partial charge in [0.25, 0.3) is 5.91 Å². The third kappa shape index (κ3) is 2.47. The van der Waals surface area contributed by atoms with Crippen molar-refractivity contribution in [3.8, 4) is 0 Å². The number of aliphatic hydroxyl groups excluding tert-OH is 1. The van der Waals surface area contributed by atoms with Gasteiger partial charge in [0.1, 0.15) is 5.82 Å². The van der Waals surface area contributed by atoms with Crippen molar-refractivity contribution in [1.82, 2.24) is 4.90 Å². The van der Waals surface area contributed by atoms with Gasteiger partial charge in [-0.05, 0) is 31.0 Å². The summed E-state index contributed by atoms with van der Waals surface area (Å²) in [6, 6.07) is 4.54. The maximum Gasteiger partial charge on any atom is 0.253 e. The molecule has 3 nitrogen and oxygen atoms in total. The molecule has 0 aromatic heterocycles. The third-order valence-corrected chi connectivity index (χ3v) is 3.25. The Balaban J connectivity index is 2.12. The van der Waals surface area contributed by atoms with Gasteiger partial charge in [0.15, 0.2) is 0 Å². The van der Waals surface area contributed by atoms with Gasteiger partial charge in [-0.15, -0.1) is 0 Å². The number of rotatable bonds is 2. The van der Waals surface area contributed by atoms with Gasteiger partial charge in [0.05, 0.1) is 0 Å². The van der Waals surface area contributed by atoms with Gasteiger partial charge < -0.3 is 10.0 Å². The lowest BCUT2D eigenvalue weighted by Crippen LogP contribution is -2.29. The first kappa shape index (κ1) is 12.0. The summed E-state index contributed by atoms with van der Waals surface area (Å²) >= 11 is 0. The lowest BCUT2D eigenvalue weighted by atomic mass is 10.1. The van der Waals surface area contributed by atoms with Crippen LogP contribution in [-0.2, 0) is 0 Å². The molecule has 1 amide bonds. The minimum atomic E-state index is -0.353. The monoisotopic (exact) mass is 237 g/mol. The molecular formula is C13H16FNO2. The Kier molecular flexibility index (Phi) is 3.43. The summed E-state index contributed by atoms with van der Waals surface area (Å²) in [5.41, 5.74) is 0.919. The van der Waals surface area contributed by atoms with Crippen molar-refractivity contribution in [1.29, 1.82) is 0 Å². The molecule has 1 aromatic rings. The summed E-state index contributed by atoms with van der Waals surface area (Å²) < 4.78 is 13.4. The van der Waals surface area contributed by atoms with E-state index < -0.39 is 0 Å². The molecule has 1 heterocycles.